The van der Waals surface area contributed by atoms with Crippen molar-refractivity contribution in [1.82, 2.24) is 4.98 Å². The van der Waals surface area contributed by atoms with Crippen LogP contribution in [0, 0.1) is 10.5 Å². The third-order valence-electron chi connectivity index (χ3n) is 1.64. The van der Waals surface area contributed by atoms with E-state index in [1.165, 1.54) is 6.92 Å². The van der Waals surface area contributed by atoms with E-state index in [4.69, 9.17) is 5.11 Å². The van der Waals surface area contributed by atoms with Gasteiger partial charge < -0.3 is 9.84 Å². The highest BCUT2D eigenvalue weighted by atomic mass is 127. The standard InChI is InChI=1S/C8H5F3INO3/c1-3-5(12)4(16-8(9,10)11)2-13-6(3)7(14)15/h2H,1H3,(H,14,15). The van der Waals surface area contributed by atoms with Crippen LogP contribution in [-0.2, 0) is 0 Å². The van der Waals surface area contributed by atoms with Crippen LogP contribution in [0.3, 0.4) is 0 Å². The van der Waals surface area contributed by atoms with E-state index in [9.17, 15) is 18.0 Å². The number of ether oxygens (including phenoxy) is 1. The summed E-state index contributed by atoms with van der Waals surface area (Å²) in [6, 6.07) is 0. The molecule has 8 heteroatoms. The number of aromatic nitrogens is 1. The first-order chi connectivity index (χ1) is 7.22. The Balaban J connectivity index is 3.17. The van der Waals surface area contributed by atoms with E-state index >= 15 is 0 Å². The lowest BCUT2D eigenvalue weighted by Gasteiger charge is -2.12. The molecule has 0 aliphatic rings. The van der Waals surface area contributed by atoms with E-state index in [-0.39, 0.29) is 14.8 Å². The number of carboxylic acids is 1. The summed E-state index contributed by atoms with van der Waals surface area (Å²) in [4.78, 5) is 14.0. The lowest BCUT2D eigenvalue weighted by Crippen LogP contribution is -2.19. The van der Waals surface area contributed by atoms with Crippen LogP contribution >= 0.6 is 22.6 Å². The third-order valence-corrected chi connectivity index (χ3v) is 2.98. The minimum Gasteiger partial charge on any atom is -0.477 e. The molecule has 0 bridgehead atoms. The molecule has 1 heterocycles. The molecule has 0 aromatic carbocycles. The second-order valence-corrected chi connectivity index (χ2v) is 3.84. The van der Waals surface area contributed by atoms with Gasteiger partial charge in [0, 0.05) is 0 Å². The van der Waals surface area contributed by atoms with Crippen molar-refractivity contribution in [2.75, 3.05) is 0 Å². The average molecular weight is 347 g/mol. The molecule has 88 valence electrons. The van der Waals surface area contributed by atoms with Gasteiger partial charge in [-0.2, -0.15) is 0 Å². The molecule has 0 radical (unpaired) electrons. The van der Waals surface area contributed by atoms with Crippen molar-refractivity contribution in [3.8, 4) is 5.75 Å². The highest BCUT2D eigenvalue weighted by Crippen LogP contribution is 2.29. The van der Waals surface area contributed by atoms with E-state index in [0.29, 0.717) is 0 Å². The summed E-state index contributed by atoms with van der Waals surface area (Å²) in [7, 11) is 0. The predicted octanol–water partition coefficient (Wildman–Crippen LogP) is 2.59. The molecule has 1 N–H and O–H groups in total. The first kappa shape index (κ1) is 13.0. The van der Waals surface area contributed by atoms with E-state index < -0.39 is 18.1 Å². The molecular formula is C8H5F3INO3. The molecule has 0 saturated carbocycles. The number of carbonyl (C=O) groups is 1. The summed E-state index contributed by atoms with van der Waals surface area (Å²) in [5.74, 6) is -1.80. The molecule has 0 spiro atoms. The number of halogens is 4. The van der Waals surface area contributed by atoms with E-state index in [0.717, 1.165) is 6.20 Å². The number of nitrogens with zero attached hydrogens (tertiary/aromatic N) is 1. The third kappa shape index (κ3) is 2.97. The summed E-state index contributed by atoms with van der Waals surface area (Å²) in [6.45, 7) is 1.36. The normalized spacial score (nSPS) is 11.3. The minimum absolute atomic E-state index is 0.0716. The summed E-state index contributed by atoms with van der Waals surface area (Å²) < 4.78 is 39.6. The quantitative estimate of drug-likeness (QED) is 0.836. The zero-order valence-corrected chi connectivity index (χ0v) is 9.96. The maximum absolute atomic E-state index is 11.9. The Morgan fingerprint density at radius 1 is 1.56 bits per heavy atom. The molecule has 0 atom stereocenters. The van der Waals surface area contributed by atoms with Crippen molar-refractivity contribution >= 4 is 28.6 Å². The van der Waals surface area contributed by atoms with Crippen LogP contribution in [0.15, 0.2) is 6.20 Å². The Morgan fingerprint density at radius 3 is 2.56 bits per heavy atom. The molecule has 0 saturated heterocycles. The zero-order chi connectivity index (χ0) is 12.5. The molecule has 0 amide bonds. The van der Waals surface area contributed by atoms with Gasteiger partial charge in [0.25, 0.3) is 0 Å². The van der Waals surface area contributed by atoms with Crippen molar-refractivity contribution in [2.24, 2.45) is 0 Å². The number of alkyl halides is 3. The van der Waals surface area contributed by atoms with Crippen LogP contribution in [0.25, 0.3) is 0 Å². The van der Waals surface area contributed by atoms with Crippen LogP contribution < -0.4 is 4.74 Å². The van der Waals surface area contributed by atoms with Gasteiger partial charge in [-0.3, -0.25) is 0 Å². The SMILES string of the molecule is Cc1c(C(=O)O)ncc(OC(F)(F)F)c1I. The Morgan fingerprint density at radius 2 is 2.12 bits per heavy atom. The van der Waals surface area contributed by atoms with Gasteiger partial charge in [0.15, 0.2) is 11.4 Å². The largest absolute Gasteiger partial charge is 0.573 e. The average Bonchev–Trinajstić information content (AvgIpc) is 2.10. The summed E-state index contributed by atoms with van der Waals surface area (Å²) in [5, 5.41) is 8.68. The van der Waals surface area contributed by atoms with Gasteiger partial charge in [0.05, 0.1) is 9.77 Å². The fraction of sp³-hybridized carbons (Fsp3) is 0.250. The second-order valence-electron chi connectivity index (χ2n) is 2.76. The van der Waals surface area contributed by atoms with Crippen molar-refractivity contribution in [3.05, 3.63) is 21.0 Å². The Bertz CT molecular complexity index is 433. The number of aromatic carboxylic acids is 1. The smallest absolute Gasteiger partial charge is 0.477 e. The molecular weight excluding hydrogens is 342 g/mol. The molecule has 0 aliphatic heterocycles. The summed E-state index contributed by atoms with van der Waals surface area (Å²) >= 11 is 1.58. The maximum atomic E-state index is 11.9. The molecule has 0 aliphatic carbocycles. The van der Waals surface area contributed by atoms with Gasteiger partial charge in [-0.25, -0.2) is 9.78 Å². The van der Waals surface area contributed by atoms with Gasteiger partial charge in [0.2, 0.25) is 0 Å². The highest BCUT2D eigenvalue weighted by molar-refractivity contribution is 14.1. The predicted molar refractivity (Wildman–Crippen MR) is 55.3 cm³/mol. The van der Waals surface area contributed by atoms with Gasteiger partial charge in [-0.1, -0.05) is 0 Å². The number of carboxylic acid groups (broad SMARTS) is 1. The van der Waals surface area contributed by atoms with Crippen molar-refractivity contribution in [1.29, 1.82) is 0 Å². The van der Waals surface area contributed by atoms with Crippen molar-refractivity contribution in [3.63, 3.8) is 0 Å². The topological polar surface area (TPSA) is 59.4 Å². The number of pyridine rings is 1. The van der Waals surface area contributed by atoms with Crippen LogP contribution in [0.1, 0.15) is 16.1 Å². The van der Waals surface area contributed by atoms with Crippen LogP contribution in [0.4, 0.5) is 13.2 Å². The van der Waals surface area contributed by atoms with Crippen LogP contribution in [0.5, 0.6) is 5.75 Å². The first-order valence-electron chi connectivity index (χ1n) is 3.86. The number of rotatable bonds is 2. The van der Waals surface area contributed by atoms with E-state index in [2.05, 4.69) is 9.72 Å². The molecule has 1 aromatic heterocycles. The van der Waals surface area contributed by atoms with Gasteiger partial charge in [0.1, 0.15) is 0 Å². The van der Waals surface area contributed by atoms with E-state index in [1.54, 1.807) is 22.6 Å². The Kier molecular flexibility index (Phi) is 3.61. The highest BCUT2D eigenvalue weighted by Gasteiger charge is 2.32. The van der Waals surface area contributed by atoms with Gasteiger partial charge in [-0.15, -0.1) is 13.2 Å². The van der Waals surface area contributed by atoms with Crippen LogP contribution in [-0.4, -0.2) is 22.4 Å². The second kappa shape index (κ2) is 4.44. The maximum Gasteiger partial charge on any atom is 0.573 e. The number of hydrogen-bond acceptors (Lipinski definition) is 3. The fourth-order valence-corrected chi connectivity index (χ4v) is 1.48. The Hall–Kier alpha value is -1.06. The zero-order valence-electron chi connectivity index (χ0n) is 7.80. The monoisotopic (exact) mass is 347 g/mol. The Labute approximate surface area is 102 Å². The molecule has 1 aromatic rings. The molecule has 0 unspecified atom stereocenters. The molecule has 16 heavy (non-hydrogen) atoms. The summed E-state index contributed by atoms with van der Waals surface area (Å²) in [5.41, 5.74) is -0.159. The van der Waals surface area contributed by atoms with Crippen LogP contribution in [0.2, 0.25) is 0 Å². The first-order valence-corrected chi connectivity index (χ1v) is 4.94. The van der Waals surface area contributed by atoms with Gasteiger partial charge >= 0.3 is 12.3 Å². The fourth-order valence-electron chi connectivity index (χ4n) is 0.977. The van der Waals surface area contributed by atoms with E-state index in [1.807, 2.05) is 0 Å². The minimum atomic E-state index is -4.82. The van der Waals surface area contributed by atoms with Crippen molar-refractivity contribution in [2.45, 2.75) is 13.3 Å². The number of hydrogen-bond donors (Lipinski definition) is 1. The molecule has 4 nitrogen and oxygen atoms in total. The molecule has 0 fully saturated rings. The summed E-state index contributed by atoms with van der Waals surface area (Å²) in [6.07, 6.45) is -4.08. The van der Waals surface area contributed by atoms with Gasteiger partial charge in [-0.05, 0) is 35.1 Å². The van der Waals surface area contributed by atoms with Crippen molar-refractivity contribution < 1.29 is 27.8 Å². The molecule has 1 rings (SSSR count). The lowest BCUT2D eigenvalue weighted by atomic mass is 10.2. The lowest BCUT2D eigenvalue weighted by molar-refractivity contribution is -0.275.